The first kappa shape index (κ1) is 35.3. The number of Topliss-reactive ketones (excluding diaryl/α,β-unsaturated/α-hetero) is 3. The Bertz CT molecular complexity index is 969. The summed E-state index contributed by atoms with van der Waals surface area (Å²) in [6.07, 6.45) is 1.94. The lowest BCUT2D eigenvalue weighted by Crippen LogP contribution is -2.52. The van der Waals surface area contributed by atoms with E-state index in [0.29, 0.717) is 38.7 Å². The molecule has 3 aliphatic rings. The van der Waals surface area contributed by atoms with Gasteiger partial charge in [-0.05, 0) is 92.1 Å². The summed E-state index contributed by atoms with van der Waals surface area (Å²) in [4.78, 5) is 39.4. The Morgan fingerprint density at radius 2 is 1.24 bits per heavy atom. The van der Waals surface area contributed by atoms with Crippen molar-refractivity contribution in [2.45, 2.75) is 123 Å². The van der Waals surface area contributed by atoms with E-state index in [-0.39, 0.29) is 34.8 Å². The number of hydrogen-bond donors (Lipinski definition) is 1. The van der Waals surface area contributed by atoms with E-state index in [1.54, 1.807) is 42.1 Å². The second-order valence-electron chi connectivity index (χ2n) is 13.8. The van der Waals surface area contributed by atoms with Crippen LogP contribution in [0.5, 0.6) is 0 Å². The fraction of sp³-hybridized carbons (Fsp3) is 0.909. The second kappa shape index (κ2) is 15.2. The number of hydrogen-bond acceptors (Lipinski definition) is 9. The van der Waals surface area contributed by atoms with Crippen LogP contribution in [0.15, 0.2) is 0 Å². The highest BCUT2D eigenvalue weighted by molar-refractivity contribution is 5.87. The van der Waals surface area contributed by atoms with Crippen LogP contribution in [0.2, 0.25) is 0 Å². The quantitative estimate of drug-likeness (QED) is 0.420. The van der Waals surface area contributed by atoms with Gasteiger partial charge in [-0.1, -0.05) is 27.7 Å². The van der Waals surface area contributed by atoms with E-state index in [1.807, 2.05) is 46.7 Å². The SMILES string of the molecule is COCC1(C(C)=O)CC(C)(C)C(C)N1C.[3H]C1(C)CC(COC)(C(C)=O)N(C)C1C.[3H]C1(C)CC(COC)(C(C)=O)NC1C. The summed E-state index contributed by atoms with van der Waals surface area (Å²) < 4.78 is 31.7. The molecule has 246 valence electrons. The minimum absolute atomic E-state index is 0.0153. The van der Waals surface area contributed by atoms with Crippen molar-refractivity contribution < 1.29 is 31.3 Å². The fourth-order valence-electron chi connectivity index (χ4n) is 6.97. The Hall–Kier alpha value is -1.23. The largest absolute Gasteiger partial charge is 0.382 e. The monoisotopic (exact) mass is 601 g/mol. The van der Waals surface area contributed by atoms with E-state index in [1.165, 1.54) is 0 Å². The summed E-state index contributed by atoms with van der Waals surface area (Å²) in [5.41, 5.74) is -1.51. The van der Waals surface area contributed by atoms with Crippen molar-refractivity contribution in [2.24, 2.45) is 17.2 Å². The predicted octanol–water partition coefficient (Wildman–Crippen LogP) is 4.01. The normalized spacial score (nSPS) is 42.1. The summed E-state index contributed by atoms with van der Waals surface area (Å²) in [6.45, 7) is 20.3. The average molecular weight is 602 g/mol. The van der Waals surface area contributed by atoms with Crippen molar-refractivity contribution in [1.82, 2.24) is 15.1 Å². The molecule has 3 aliphatic heterocycles. The average Bonchev–Trinajstić information content (AvgIpc) is 3.32. The highest BCUT2D eigenvalue weighted by Gasteiger charge is 2.55. The van der Waals surface area contributed by atoms with Crippen LogP contribution >= 0.6 is 0 Å². The lowest BCUT2D eigenvalue weighted by molar-refractivity contribution is -0.131. The number of carbonyl (C=O) groups excluding carboxylic acids is 3. The predicted molar refractivity (Wildman–Crippen MR) is 169 cm³/mol. The number of carbonyl (C=O) groups is 3. The second-order valence-corrected chi connectivity index (χ2v) is 13.8. The van der Waals surface area contributed by atoms with Crippen LogP contribution < -0.4 is 5.32 Å². The molecule has 3 rings (SSSR count). The van der Waals surface area contributed by atoms with Gasteiger partial charge in [0.05, 0.1) is 19.8 Å². The molecule has 0 aromatic carbocycles. The molecule has 0 spiro atoms. The zero-order valence-corrected chi connectivity index (χ0v) is 29.3. The van der Waals surface area contributed by atoms with Gasteiger partial charge in [0.15, 0.2) is 17.3 Å². The summed E-state index contributed by atoms with van der Waals surface area (Å²) in [5, 5.41) is 3.20. The number of likely N-dealkylation sites (tertiary alicyclic amines) is 2. The number of rotatable bonds is 9. The molecule has 0 amide bonds. The minimum Gasteiger partial charge on any atom is -0.382 e. The number of methoxy groups -OCH3 is 3. The van der Waals surface area contributed by atoms with Gasteiger partial charge >= 0.3 is 0 Å². The number of nitrogens with zero attached hydrogens (tertiary/aromatic N) is 2. The highest BCUT2D eigenvalue weighted by atomic mass is 16.5. The molecule has 3 saturated heterocycles. The van der Waals surface area contributed by atoms with E-state index < -0.39 is 28.4 Å². The van der Waals surface area contributed by atoms with Gasteiger partial charge in [-0.3, -0.25) is 24.2 Å². The van der Waals surface area contributed by atoms with Gasteiger partial charge in [-0.2, -0.15) is 0 Å². The molecule has 1 N–H and O–H groups in total. The first-order valence-electron chi connectivity index (χ1n) is 16.1. The van der Waals surface area contributed by atoms with Gasteiger partial charge in [-0.25, -0.2) is 0 Å². The number of nitrogens with one attached hydrogen (secondary N) is 1. The molecule has 0 aliphatic carbocycles. The molecular weight excluding hydrogens is 534 g/mol. The summed E-state index contributed by atoms with van der Waals surface area (Å²) >= 11 is 0. The van der Waals surface area contributed by atoms with Crippen molar-refractivity contribution in [3.8, 4) is 0 Å². The van der Waals surface area contributed by atoms with Crippen LogP contribution in [0, 0.1) is 17.2 Å². The smallest absolute Gasteiger partial charge is 0.152 e. The van der Waals surface area contributed by atoms with Gasteiger partial charge in [0.1, 0.15) is 16.6 Å². The van der Waals surface area contributed by atoms with Gasteiger partial charge in [-0.15, -0.1) is 0 Å². The maximum Gasteiger partial charge on any atom is 0.152 e. The van der Waals surface area contributed by atoms with E-state index in [2.05, 4.69) is 31.0 Å². The first-order chi connectivity index (χ1) is 19.9. The fourth-order valence-corrected chi connectivity index (χ4v) is 6.97. The molecule has 8 atom stereocenters. The van der Waals surface area contributed by atoms with Crippen LogP contribution in [0.1, 0.15) is 91.2 Å². The molecule has 0 bridgehead atoms. The van der Waals surface area contributed by atoms with E-state index in [9.17, 15) is 14.4 Å². The molecule has 3 fully saturated rings. The standard InChI is InChI=1S/C12H23NO2.C11H21NO2.C10H19NO2/c1-9-11(3,4)7-12(8-15-6,10(2)14)13(9)5;1-8-6-11(7-14-5,10(3)13)12(4)9(8)2;1-7-5-10(6-13-4,9(3)12)11-8(7)2/h9H,7-8H2,1-6H3;8-9H,6-7H2,1-5H3;7-8,11H,5-6H2,1-4H3/i;8T;7T. The van der Waals surface area contributed by atoms with Crippen molar-refractivity contribution in [2.75, 3.05) is 55.2 Å². The molecule has 3 heterocycles. The number of likely N-dealkylation sites (N-methyl/N-ethyl adjacent to an activating group) is 2. The molecule has 42 heavy (non-hydrogen) atoms. The lowest BCUT2D eigenvalue weighted by Gasteiger charge is -2.34. The Morgan fingerprint density at radius 1 is 0.762 bits per heavy atom. The van der Waals surface area contributed by atoms with Crippen molar-refractivity contribution in [3.63, 3.8) is 0 Å². The number of ether oxygens (including phenoxy) is 3. The van der Waals surface area contributed by atoms with E-state index in [4.69, 9.17) is 17.0 Å². The third-order valence-electron chi connectivity index (χ3n) is 10.6. The third-order valence-corrected chi connectivity index (χ3v) is 10.6. The minimum atomic E-state index is -0.648. The maximum atomic E-state index is 11.9. The highest BCUT2D eigenvalue weighted by Crippen LogP contribution is 2.45. The van der Waals surface area contributed by atoms with Gasteiger partial charge in [0, 0.05) is 42.2 Å². The van der Waals surface area contributed by atoms with Crippen molar-refractivity contribution in [3.05, 3.63) is 0 Å². The van der Waals surface area contributed by atoms with Gasteiger partial charge in [0.25, 0.3) is 0 Å². The summed E-state index contributed by atoms with van der Waals surface area (Å²) in [7, 11) is 8.78. The van der Waals surface area contributed by atoms with Gasteiger partial charge < -0.3 is 19.5 Å². The summed E-state index contributed by atoms with van der Waals surface area (Å²) in [5.74, 6) is -0.815. The first-order valence-corrected chi connectivity index (χ1v) is 15.1. The van der Waals surface area contributed by atoms with Crippen LogP contribution in [-0.2, 0) is 28.6 Å². The molecule has 9 nitrogen and oxygen atoms in total. The topological polar surface area (TPSA) is 97.4 Å². The van der Waals surface area contributed by atoms with Crippen LogP contribution in [-0.4, -0.2) is 117 Å². The molecular formula is C33H63N3O6. The maximum absolute atomic E-state index is 11.9. The zero-order valence-electron chi connectivity index (χ0n) is 31.3. The third kappa shape index (κ3) is 7.88. The molecule has 0 radical (unpaired) electrons. The van der Waals surface area contributed by atoms with E-state index in [0.717, 1.165) is 6.42 Å². The molecule has 0 aromatic rings. The Morgan fingerprint density at radius 3 is 1.52 bits per heavy atom. The number of ketones is 3. The van der Waals surface area contributed by atoms with Crippen molar-refractivity contribution in [1.29, 1.82) is 0 Å². The van der Waals surface area contributed by atoms with Crippen LogP contribution in [0.25, 0.3) is 0 Å². The Balaban J connectivity index is 0.000000330. The van der Waals surface area contributed by atoms with Gasteiger partial charge in [0.2, 0.25) is 0 Å². The van der Waals surface area contributed by atoms with Crippen LogP contribution in [0.4, 0.5) is 0 Å². The van der Waals surface area contributed by atoms with Crippen LogP contribution in [0.3, 0.4) is 0 Å². The zero-order chi connectivity index (χ0) is 34.7. The molecule has 9 heteroatoms. The Kier molecular flexibility index (Phi) is 12.7. The van der Waals surface area contributed by atoms with Crippen molar-refractivity contribution >= 4 is 17.3 Å². The lowest BCUT2D eigenvalue weighted by atomic mass is 9.79. The molecule has 0 aromatic heterocycles. The Labute approximate surface area is 259 Å². The molecule has 8 unspecified atom stereocenters. The molecule has 0 saturated carbocycles. The summed E-state index contributed by atoms with van der Waals surface area (Å²) in [6, 6.07) is 0.481. The van der Waals surface area contributed by atoms with E-state index >= 15 is 0 Å².